The molecule has 0 saturated heterocycles. The van der Waals surface area contributed by atoms with E-state index < -0.39 is 39.8 Å². The summed E-state index contributed by atoms with van der Waals surface area (Å²) in [7, 11) is 0. The molecule has 1 atom stereocenters. The Morgan fingerprint density at radius 3 is 2.37 bits per heavy atom. The lowest BCUT2D eigenvalue weighted by Gasteiger charge is -2.12. The fraction of sp³-hybridized carbons (Fsp3) is 0.222. The Bertz CT molecular complexity index is 531. The van der Waals surface area contributed by atoms with Gasteiger partial charge in [0.05, 0.1) is 22.5 Å². The maximum Gasteiger partial charge on any atom is 0.328 e. The minimum Gasteiger partial charge on any atom is -0.480 e. The van der Waals surface area contributed by atoms with Gasteiger partial charge in [0.25, 0.3) is 11.4 Å². The predicted molar refractivity (Wildman–Crippen MR) is 61.9 cm³/mol. The Morgan fingerprint density at radius 1 is 1.32 bits per heavy atom. The summed E-state index contributed by atoms with van der Waals surface area (Å²) in [6, 6.07) is 1.27. The van der Waals surface area contributed by atoms with E-state index >= 15 is 0 Å². The van der Waals surface area contributed by atoms with Crippen molar-refractivity contribution >= 4 is 23.0 Å². The maximum absolute atomic E-state index is 10.8. The molecular weight excluding hydrogens is 262 g/mol. The van der Waals surface area contributed by atoms with Gasteiger partial charge in [-0.2, -0.15) is 0 Å². The van der Waals surface area contributed by atoms with E-state index in [2.05, 4.69) is 5.32 Å². The third-order valence-corrected chi connectivity index (χ3v) is 2.20. The van der Waals surface area contributed by atoms with E-state index in [0.717, 1.165) is 12.1 Å². The largest absolute Gasteiger partial charge is 0.480 e. The second-order valence-corrected chi connectivity index (χ2v) is 3.43. The van der Waals surface area contributed by atoms with Crippen molar-refractivity contribution in [1.29, 1.82) is 0 Å². The first-order valence-corrected chi connectivity index (χ1v) is 4.90. The number of nitrogens with one attached hydrogen (secondary N) is 1. The van der Waals surface area contributed by atoms with Crippen molar-refractivity contribution in [1.82, 2.24) is 0 Å². The minimum atomic E-state index is -1.44. The summed E-state index contributed by atoms with van der Waals surface area (Å²) in [5.41, 5.74) is -1.36. The van der Waals surface area contributed by atoms with Gasteiger partial charge in [-0.15, -0.1) is 0 Å². The van der Waals surface area contributed by atoms with E-state index in [1.807, 2.05) is 0 Å². The van der Waals surface area contributed by atoms with E-state index in [-0.39, 0.29) is 5.69 Å². The number of hydrogen-bond donors (Lipinski definition) is 3. The van der Waals surface area contributed by atoms with Crippen molar-refractivity contribution in [3.63, 3.8) is 0 Å². The predicted octanol–water partition coefficient (Wildman–Crippen LogP) is 0.360. The van der Waals surface area contributed by atoms with E-state index in [1.54, 1.807) is 0 Å². The number of benzene rings is 1. The van der Waals surface area contributed by atoms with E-state index in [4.69, 9.17) is 10.2 Å². The van der Waals surface area contributed by atoms with Crippen molar-refractivity contribution in [2.45, 2.75) is 6.04 Å². The fourth-order valence-electron chi connectivity index (χ4n) is 1.28. The molecule has 3 N–H and O–H groups in total. The molecule has 0 aliphatic rings. The Hall–Kier alpha value is -2.75. The normalized spacial score (nSPS) is 11.6. The van der Waals surface area contributed by atoms with Crippen LogP contribution in [-0.4, -0.2) is 38.7 Å². The molecule has 0 aromatic heterocycles. The van der Waals surface area contributed by atoms with Crippen molar-refractivity contribution in [2.75, 3.05) is 11.9 Å². The Kier molecular flexibility index (Phi) is 4.32. The first kappa shape index (κ1) is 14.3. The van der Waals surface area contributed by atoms with Crippen molar-refractivity contribution in [3.05, 3.63) is 38.4 Å². The van der Waals surface area contributed by atoms with E-state index in [0.29, 0.717) is 6.07 Å². The smallest absolute Gasteiger partial charge is 0.328 e. The molecular formula is C9H9N3O7. The molecule has 0 saturated carbocycles. The molecule has 10 heteroatoms. The third kappa shape index (κ3) is 3.35. The summed E-state index contributed by atoms with van der Waals surface area (Å²) < 4.78 is 0. The molecule has 19 heavy (non-hydrogen) atoms. The maximum atomic E-state index is 10.8. The molecule has 1 aromatic rings. The standard InChI is InChI=1S/C9H9N3O7/c13-4-7(9(14)15)10-6-2-1-5(11(16)17)3-8(6)12(18)19/h1-3,7,10,13H,4H2,(H,14,15). The molecule has 0 bridgehead atoms. The molecule has 10 nitrogen and oxygen atoms in total. The number of aliphatic hydroxyl groups excluding tert-OH is 1. The second-order valence-electron chi connectivity index (χ2n) is 3.43. The summed E-state index contributed by atoms with van der Waals surface area (Å²) in [6.45, 7) is -0.788. The van der Waals surface area contributed by atoms with Crippen LogP contribution in [-0.2, 0) is 4.79 Å². The zero-order valence-corrected chi connectivity index (χ0v) is 9.35. The van der Waals surface area contributed by atoms with Crippen LogP contribution in [0.25, 0.3) is 0 Å². The van der Waals surface area contributed by atoms with Crippen molar-refractivity contribution in [2.24, 2.45) is 0 Å². The average molecular weight is 271 g/mol. The average Bonchev–Trinajstić information content (AvgIpc) is 2.35. The molecule has 1 unspecified atom stereocenters. The topological polar surface area (TPSA) is 156 Å². The van der Waals surface area contributed by atoms with Gasteiger partial charge < -0.3 is 15.5 Å². The molecule has 0 aliphatic heterocycles. The molecule has 102 valence electrons. The minimum absolute atomic E-state index is 0.225. The van der Waals surface area contributed by atoms with Crippen LogP contribution in [0.4, 0.5) is 17.1 Å². The van der Waals surface area contributed by atoms with Crippen LogP contribution in [0.2, 0.25) is 0 Å². The molecule has 1 aromatic carbocycles. The number of rotatable bonds is 6. The van der Waals surface area contributed by atoms with Gasteiger partial charge in [0.2, 0.25) is 0 Å². The summed E-state index contributed by atoms with van der Waals surface area (Å²) in [4.78, 5) is 30.3. The van der Waals surface area contributed by atoms with Gasteiger partial charge in [-0.1, -0.05) is 0 Å². The van der Waals surface area contributed by atoms with Crippen LogP contribution >= 0.6 is 0 Å². The number of carboxylic acid groups (broad SMARTS) is 1. The van der Waals surface area contributed by atoms with Crippen LogP contribution in [0, 0.1) is 20.2 Å². The van der Waals surface area contributed by atoms with E-state index in [1.165, 1.54) is 0 Å². The van der Waals surface area contributed by atoms with Gasteiger partial charge in [0.1, 0.15) is 11.7 Å². The number of non-ortho nitro benzene ring substituents is 1. The first-order chi connectivity index (χ1) is 8.86. The van der Waals surface area contributed by atoms with Crippen LogP contribution < -0.4 is 5.32 Å². The Labute approximate surface area is 105 Å². The Morgan fingerprint density at radius 2 is 1.95 bits per heavy atom. The monoisotopic (exact) mass is 271 g/mol. The van der Waals surface area contributed by atoms with Gasteiger partial charge in [-0.05, 0) is 6.07 Å². The highest BCUT2D eigenvalue weighted by Crippen LogP contribution is 2.29. The van der Waals surface area contributed by atoms with Crippen molar-refractivity contribution in [3.8, 4) is 0 Å². The number of nitrogens with zero attached hydrogens (tertiary/aromatic N) is 2. The first-order valence-electron chi connectivity index (χ1n) is 4.90. The van der Waals surface area contributed by atoms with E-state index in [9.17, 15) is 25.0 Å². The zero-order valence-electron chi connectivity index (χ0n) is 9.35. The molecule has 0 radical (unpaired) electrons. The van der Waals surface area contributed by atoms with Gasteiger partial charge in [0.15, 0.2) is 0 Å². The summed E-state index contributed by atoms with van der Waals surface area (Å²) in [6.07, 6.45) is 0. The number of nitro groups is 2. The lowest BCUT2D eigenvalue weighted by molar-refractivity contribution is -0.393. The summed E-state index contributed by atoms with van der Waals surface area (Å²) >= 11 is 0. The van der Waals surface area contributed by atoms with Crippen LogP contribution in [0.15, 0.2) is 18.2 Å². The van der Waals surface area contributed by atoms with Crippen LogP contribution in [0.3, 0.4) is 0 Å². The third-order valence-electron chi connectivity index (χ3n) is 2.20. The SMILES string of the molecule is O=C(O)C(CO)Nc1ccc([N+](=O)[O-])cc1[N+](=O)[O-]. The highest BCUT2D eigenvalue weighted by molar-refractivity contribution is 5.79. The number of carboxylic acids is 1. The molecule has 0 aliphatic carbocycles. The molecule has 0 amide bonds. The fourth-order valence-corrected chi connectivity index (χ4v) is 1.28. The molecule has 0 heterocycles. The number of hydrogen-bond acceptors (Lipinski definition) is 7. The lowest BCUT2D eigenvalue weighted by Crippen LogP contribution is -2.32. The highest BCUT2D eigenvalue weighted by atomic mass is 16.6. The lowest BCUT2D eigenvalue weighted by atomic mass is 10.2. The van der Waals surface area contributed by atoms with Gasteiger partial charge >= 0.3 is 5.97 Å². The molecule has 1 rings (SSSR count). The van der Waals surface area contributed by atoms with Gasteiger partial charge in [-0.25, -0.2) is 4.79 Å². The number of carbonyl (C=O) groups is 1. The number of nitro benzene ring substituents is 2. The highest BCUT2D eigenvalue weighted by Gasteiger charge is 2.23. The zero-order chi connectivity index (χ0) is 14.6. The second kappa shape index (κ2) is 5.73. The summed E-state index contributed by atoms with van der Waals surface area (Å²) in [5, 5.41) is 41.0. The molecule has 0 spiro atoms. The van der Waals surface area contributed by atoms with Gasteiger partial charge in [0, 0.05) is 6.07 Å². The summed E-state index contributed by atoms with van der Waals surface area (Å²) in [5.74, 6) is -1.41. The Balaban J connectivity index is 3.16. The van der Waals surface area contributed by atoms with Crippen LogP contribution in [0.5, 0.6) is 0 Å². The molecule has 0 fully saturated rings. The van der Waals surface area contributed by atoms with Crippen molar-refractivity contribution < 1.29 is 24.9 Å². The number of aliphatic hydroxyl groups is 1. The number of aliphatic carboxylic acids is 1. The van der Waals surface area contributed by atoms with Gasteiger partial charge in [-0.3, -0.25) is 20.2 Å². The van der Waals surface area contributed by atoms with Crippen LogP contribution in [0.1, 0.15) is 0 Å². The quantitative estimate of drug-likeness (QED) is 0.494. The number of anilines is 1.